The molecule has 0 atom stereocenters. The Kier molecular flexibility index (Phi) is 8.10. The summed E-state index contributed by atoms with van der Waals surface area (Å²) in [5, 5.41) is 9.74. The van der Waals surface area contributed by atoms with Gasteiger partial charge >= 0.3 is 6.61 Å². The van der Waals surface area contributed by atoms with Crippen LogP contribution in [0.15, 0.2) is 29.1 Å². The van der Waals surface area contributed by atoms with E-state index in [1.54, 1.807) is 6.07 Å². The van der Waals surface area contributed by atoms with Crippen LogP contribution >= 0.6 is 11.3 Å². The molecule has 2 aromatic rings. The van der Waals surface area contributed by atoms with Crippen LogP contribution in [0.4, 0.5) is 8.78 Å². The fraction of sp³-hybridized carbons (Fsp3) is 0.381. The van der Waals surface area contributed by atoms with Gasteiger partial charge in [0.15, 0.2) is 5.57 Å². The Morgan fingerprint density at radius 2 is 2.06 bits per heavy atom. The smallest absolute Gasteiger partial charge is 0.387 e. The van der Waals surface area contributed by atoms with Gasteiger partial charge in [0.25, 0.3) is 11.5 Å². The molecular formula is C21H21F2N3O5S. The standard InChI is InChI=1S/C21H21F2N3O5S/c1-29-9-8-26-19(28)17(12-14-4-2-3-5-16(14)31-21(22)23)32-20(26)15(13-24)18(27)25-6-10-30-11-7-25/h2-5,12,21H,6-11H2,1H3/b17-12-,20-15+. The van der Waals surface area contributed by atoms with Gasteiger partial charge in [0, 0.05) is 25.8 Å². The Morgan fingerprint density at radius 1 is 1.34 bits per heavy atom. The summed E-state index contributed by atoms with van der Waals surface area (Å²) in [6.45, 7) is -1.31. The van der Waals surface area contributed by atoms with E-state index >= 15 is 0 Å². The van der Waals surface area contributed by atoms with Gasteiger partial charge in [-0.2, -0.15) is 14.0 Å². The predicted molar refractivity (Wildman–Crippen MR) is 113 cm³/mol. The lowest BCUT2D eigenvalue weighted by atomic mass is 10.2. The molecule has 32 heavy (non-hydrogen) atoms. The highest BCUT2D eigenvalue weighted by molar-refractivity contribution is 7.07. The summed E-state index contributed by atoms with van der Waals surface area (Å²) in [5.41, 5.74) is -0.354. The summed E-state index contributed by atoms with van der Waals surface area (Å²) in [7, 11) is 1.47. The maximum Gasteiger partial charge on any atom is 0.387 e. The zero-order valence-electron chi connectivity index (χ0n) is 17.3. The Morgan fingerprint density at radius 3 is 2.72 bits per heavy atom. The lowest BCUT2D eigenvalue weighted by molar-refractivity contribution is -0.128. The molecule has 1 saturated heterocycles. The quantitative estimate of drug-likeness (QED) is 0.592. The first-order valence-corrected chi connectivity index (χ1v) is 10.5. The molecule has 170 valence electrons. The number of hydrogen-bond acceptors (Lipinski definition) is 7. The van der Waals surface area contributed by atoms with E-state index in [0.29, 0.717) is 26.3 Å². The van der Waals surface area contributed by atoms with Gasteiger partial charge < -0.3 is 19.1 Å². The summed E-state index contributed by atoms with van der Waals surface area (Å²) >= 11 is 0.942. The molecule has 1 aromatic heterocycles. The van der Waals surface area contributed by atoms with Crippen LogP contribution in [0.3, 0.4) is 0 Å². The molecule has 2 heterocycles. The summed E-state index contributed by atoms with van der Waals surface area (Å²) < 4.78 is 42.0. The Balaban J connectivity index is 2.18. The largest absolute Gasteiger partial charge is 0.434 e. The maximum absolute atomic E-state index is 13.1. The van der Waals surface area contributed by atoms with Crippen molar-refractivity contribution in [1.82, 2.24) is 9.47 Å². The number of ether oxygens (including phenoxy) is 3. The molecule has 0 saturated carbocycles. The highest BCUT2D eigenvalue weighted by Gasteiger charge is 2.23. The minimum atomic E-state index is -3.02. The highest BCUT2D eigenvalue weighted by Crippen LogP contribution is 2.20. The summed E-state index contributed by atoms with van der Waals surface area (Å²) in [6.07, 6.45) is 1.41. The van der Waals surface area contributed by atoms with Crippen LogP contribution in [0.5, 0.6) is 5.75 Å². The normalized spacial score (nSPS) is 15.6. The Labute approximate surface area is 186 Å². The van der Waals surface area contributed by atoms with Crippen molar-refractivity contribution in [2.24, 2.45) is 0 Å². The van der Waals surface area contributed by atoms with Gasteiger partial charge in [0.2, 0.25) is 0 Å². The van der Waals surface area contributed by atoms with E-state index in [1.807, 2.05) is 6.07 Å². The van der Waals surface area contributed by atoms with E-state index in [2.05, 4.69) is 4.74 Å². The number of halogens is 2. The van der Waals surface area contributed by atoms with Crippen molar-refractivity contribution >= 4 is 28.9 Å². The maximum atomic E-state index is 13.1. The van der Waals surface area contributed by atoms with Crippen molar-refractivity contribution in [1.29, 1.82) is 5.26 Å². The highest BCUT2D eigenvalue weighted by atomic mass is 32.1. The van der Waals surface area contributed by atoms with Crippen LogP contribution in [0.1, 0.15) is 5.56 Å². The van der Waals surface area contributed by atoms with Crippen LogP contribution in [0, 0.1) is 11.3 Å². The third kappa shape index (κ3) is 5.40. The lowest BCUT2D eigenvalue weighted by Crippen LogP contribution is -2.43. The van der Waals surface area contributed by atoms with Crippen molar-refractivity contribution in [3.05, 3.63) is 49.4 Å². The molecule has 0 radical (unpaired) electrons. The number of nitriles is 1. The second-order valence-corrected chi connectivity index (χ2v) is 7.70. The monoisotopic (exact) mass is 465 g/mol. The number of aromatic nitrogens is 1. The van der Waals surface area contributed by atoms with Crippen molar-refractivity contribution in [3.63, 3.8) is 0 Å². The molecule has 1 aromatic carbocycles. The first kappa shape index (κ1) is 23.6. The SMILES string of the molecule is COCCn1c(=O)/c(=C/c2ccccc2OC(F)F)s/c1=C(\C#N)C(=O)N1CCOCC1. The number of alkyl halides is 2. The summed E-state index contributed by atoms with van der Waals surface area (Å²) in [6, 6.07) is 7.99. The molecule has 1 aliphatic heterocycles. The van der Waals surface area contributed by atoms with Crippen molar-refractivity contribution in [2.75, 3.05) is 40.0 Å². The minimum absolute atomic E-state index is 0.0887. The van der Waals surface area contributed by atoms with Crippen LogP contribution in [0.2, 0.25) is 0 Å². The van der Waals surface area contributed by atoms with E-state index in [4.69, 9.17) is 9.47 Å². The van der Waals surface area contributed by atoms with Gasteiger partial charge in [0.1, 0.15) is 16.5 Å². The van der Waals surface area contributed by atoms with Crippen molar-refractivity contribution in [3.8, 4) is 11.8 Å². The topological polar surface area (TPSA) is 93.8 Å². The second kappa shape index (κ2) is 11.0. The molecule has 1 amide bonds. The number of carbonyl (C=O) groups excluding carboxylic acids is 1. The number of nitrogens with zero attached hydrogens (tertiary/aromatic N) is 3. The third-order valence-corrected chi connectivity index (χ3v) is 5.82. The number of para-hydroxylation sites is 1. The summed E-state index contributed by atoms with van der Waals surface area (Å²) in [5.74, 6) is -0.578. The molecule has 0 N–H and O–H groups in total. The fourth-order valence-electron chi connectivity index (χ4n) is 3.15. The number of thiazole rings is 1. The molecule has 1 aliphatic rings. The zero-order valence-corrected chi connectivity index (χ0v) is 18.1. The van der Waals surface area contributed by atoms with Gasteiger partial charge in [-0.1, -0.05) is 18.2 Å². The van der Waals surface area contributed by atoms with Gasteiger partial charge in [0.05, 0.1) is 30.9 Å². The average Bonchev–Trinajstić information content (AvgIpc) is 3.09. The lowest BCUT2D eigenvalue weighted by Gasteiger charge is -2.26. The van der Waals surface area contributed by atoms with Gasteiger partial charge in [-0.3, -0.25) is 14.2 Å². The molecule has 0 spiro atoms. The molecular weight excluding hydrogens is 444 g/mol. The van der Waals surface area contributed by atoms with Gasteiger partial charge in [-0.25, -0.2) is 0 Å². The number of amides is 1. The van der Waals surface area contributed by atoms with Crippen LogP contribution in [0.25, 0.3) is 11.6 Å². The van der Waals surface area contributed by atoms with Crippen molar-refractivity contribution in [2.45, 2.75) is 13.2 Å². The number of rotatable bonds is 7. The molecule has 11 heteroatoms. The van der Waals surface area contributed by atoms with E-state index in [0.717, 1.165) is 11.3 Å². The molecule has 3 rings (SSSR count). The number of benzene rings is 1. The summed E-state index contributed by atoms with van der Waals surface area (Å²) in [4.78, 5) is 27.6. The fourth-order valence-corrected chi connectivity index (χ4v) is 4.26. The second-order valence-electron chi connectivity index (χ2n) is 6.67. The van der Waals surface area contributed by atoms with Crippen LogP contribution < -0.4 is 19.5 Å². The first-order chi connectivity index (χ1) is 15.5. The molecule has 1 fully saturated rings. The van der Waals surface area contributed by atoms with Crippen LogP contribution in [-0.4, -0.2) is 62.0 Å². The van der Waals surface area contributed by atoms with Gasteiger partial charge in [-0.05, 0) is 12.1 Å². The van der Waals surface area contributed by atoms with E-state index < -0.39 is 18.1 Å². The van der Waals surface area contributed by atoms with E-state index in [9.17, 15) is 23.6 Å². The van der Waals surface area contributed by atoms with E-state index in [1.165, 1.54) is 40.9 Å². The molecule has 0 unspecified atom stereocenters. The third-order valence-electron chi connectivity index (χ3n) is 4.69. The van der Waals surface area contributed by atoms with Crippen LogP contribution in [-0.2, 0) is 20.8 Å². The minimum Gasteiger partial charge on any atom is -0.434 e. The number of morpholine rings is 1. The number of carbonyl (C=O) groups is 1. The predicted octanol–water partition coefficient (Wildman–Crippen LogP) is 0.519. The molecule has 0 aliphatic carbocycles. The average molecular weight is 465 g/mol. The van der Waals surface area contributed by atoms with Crippen molar-refractivity contribution < 1.29 is 27.8 Å². The Hall–Kier alpha value is -3.07. The molecule has 8 nitrogen and oxygen atoms in total. The number of methoxy groups -OCH3 is 1. The number of hydrogen-bond donors (Lipinski definition) is 0. The van der Waals surface area contributed by atoms with Gasteiger partial charge in [-0.15, -0.1) is 11.3 Å². The molecule has 0 bridgehead atoms. The zero-order chi connectivity index (χ0) is 23.1. The first-order valence-electron chi connectivity index (χ1n) is 9.71. The van der Waals surface area contributed by atoms with E-state index in [-0.39, 0.29) is 39.2 Å². The Bertz CT molecular complexity index is 1180.